The topological polar surface area (TPSA) is 45.2 Å². The van der Waals surface area contributed by atoms with Crippen molar-refractivity contribution in [2.45, 2.75) is 37.9 Å². The van der Waals surface area contributed by atoms with Gasteiger partial charge >= 0.3 is 0 Å². The van der Waals surface area contributed by atoms with E-state index in [4.69, 9.17) is 9.47 Å². The van der Waals surface area contributed by atoms with E-state index in [-0.39, 0.29) is 11.7 Å². The highest BCUT2D eigenvalue weighted by Crippen LogP contribution is 2.41. The molecule has 0 aromatic heterocycles. The van der Waals surface area contributed by atoms with Crippen molar-refractivity contribution < 1.29 is 19.0 Å². The van der Waals surface area contributed by atoms with E-state index in [0.717, 1.165) is 49.5 Å². The number of hydrogen-bond donors (Lipinski definition) is 1. The lowest BCUT2D eigenvalue weighted by Crippen LogP contribution is -2.35. The molecule has 1 N–H and O–H groups in total. The molecular weight excluding hydrogens is 395 g/mol. The summed E-state index contributed by atoms with van der Waals surface area (Å²) in [7, 11) is 3.75. The number of benzene rings is 2. The molecule has 6 heteroatoms. The van der Waals surface area contributed by atoms with Gasteiger partial charge in [0.1, 0.15) is 11.9 Å². The quantitative estimate of drug-likeness (QED) is 0.671. The average molecular weight is 429 g/mol. The molecule has 2 aromatic carbocycles. The molecule has 31 heavy (non-hydrogen) atoms. The van der Waals surface area contributed by atoms with Gasteiger partial charge in [-0.25, -0.2) is 4.39 Å². The molecule has 0 aliphatic carbocycles. The van der Waals surface area contributed by atoms with Crippen LogP contribution in [0.4, 0.5) is 4.39 Å². The van der Waals surface area contributed by atoms with Gasteiger partial charge in [0, 0.05) is 44.2 Å². The first-order chi connectivity index (χ1) is 15.0. The van der Waals surface area contributed by atoms with Gasteiger partial charge in [-0.05, 0) is 55.6 Å². The van der Waals surface area contributed by atoms with E-state index in [1.165, 1.54) is 5.56 Å². The minimum Gasteiger partial charge on any atom is -0.504 e. The van der Waals surface area contributed by atoms with Crippen LogP contribution in [-0.4, -0.2) is 68.0 Å². The first kappa shape index (κ1) is 21.9. The summed E-state index contributed by atoms with van der Waals surface area (Å²) < 4.78 is 24.5. The van der Waals surface area contributed by atoms with E-state index in [1.54, 1.807) is 7.11 Å². The van der Waals surface area contributed by atoms with E-state index >= 15 is 0 Å². The summed E-state index contributed by atoms with van der Waals surface area (Å²) in [6.45, 7) is 4.69. The smallest absolute Gasteiger partial charge is 0.162 e. The zero-order chi connectivity index (χ0) is 21.8. The summed E-state index contributed by atoms with van der Waals surface area (Å²) >= 11 is 0. The van der Waals surface area contributed by atoms with Crippen molar-refractivity contribution in [2.75, 3.05) is 46.9 Å². The molecule has 2 aliphatic heterocycles. The fourth-order valence-electron chi connectivity index (χ4n) is 4.70. The maximum Gasteiger partial charge on any atom is 0.162 e. The number of likely N-dealkylation sites (N-methyl/N-ethyl adjacent to an activating group) is 1. The maximum atomic E-state index is 13.3. The van der Waals surface area contributed by atoms with E-state index in [9.17, 15) is 9.50 Å². The Hall–Kier alpha value is -2.31. The van der Waals surface area contributed by atoms with Crippen molar-refractivity contribution in [1.29, 1.82) is 0 Å². The largest absolute Gasteiger partial charge is 0.504 e. The standard InChI is InChI=1S/C25H33FN2O3/c1-27-16-22(18-4-6-20(30-2)7-5-18)21-8-9-24(25(29)23(21)17-27)31-15-3-12-28-13-10-19(26)11-14-28/h4-9,19,22,29H,3,10-17H2,1-2H3. The first-order valence-corrected chi connectivity index (χ1v) is 11.2. The van der Waals surface area contributed by atoms with Crippen LogP contribution in [0.1, 0.15) is 41.9 Å². The molecule has 1 unspecified atom stereocenters. The molecule has 1 fully saturated rings. The molecule has 1 saturated heterocycles. The SMILES string of the molecule is COc1ccc(C2CN(C)Cc3c2ccc(OCCCN2CCC(F)CC2)c3O)cc1. The molecule has 5 nitrogen and oxygen atoms in total. The van der Waals surface area contributed by atoms with Gasteiger partial charge in [0.25, 0.3) is 0 Å². The van der Waals surface area contributed by atoms with Crippen molar-refractivity contribution in [3.63, 3.8) is 0 Å². The van der Waals surface area contributed by atoms with Crippen LogP contribution in [0.3, 0.4) is 0 Å². The Labute approximate surface area is 184 Å². The Morgan fingerprint density at radius 1 is 1.10 bits per heavy atom. The van der Waals surface area contributed by atoms with Crippen LogP contribution >= 0.6 is 0 Å². The number of halogens is 1. The molecule has 4 rings (SSSR count). The predicted molar refractivity (Wildman–Crippen MR) is 120 cm³/mol. The van der Waals surface area contributed by atoms with Crippen LogP contribution in [0.2, 0.25) is 0 Å². The predicted octanol–water partition coefficient (Wildman–Crippen LogP) is 4.18. The van der Waals surface area contributed by atoms with Crippen molar-refractivity contribution in [3.05, 3.63) is 53.1 Å². The average Bonchev–Trinajstić information content (AvgIpc) is 2.79. The van der Waals surface area contributed by atoms with Crippen LogP contribution < -0.4 is 9.47 Å². The van der Waals surface area contributed by atoms with Crippen LogP contribution in [-0.2, 0) is 6.54 Å². The third-order valence-electron chi connectivity index (χ3n) is 6.49. The number of phenolic OH excluding ortho intramolecular Hbond substituents is 1. The van der Waals surface area contributed by atoms with Crippen molar-refractivity contribution in [3.8, 4) is 17.2 Å². The summed E-state index contributed by atoms with van der Waals surface area (Å²) in [6.07, 6.45) is 1.49. The summed E-state index contributed by atoms with van der Waals surface area (Å²) in [4.78, 5) is 4.52. The molecule has 1 atom stereocenters. The molecule has 2 aromatic rings. The van der Waals surface area contributed by atoms with Crippen molar-refractivity contribution in [2.24, 2.45) is 0 Å². The number of methoxy groups -OCH3 is 1. The number of aromatic hydroxyl groups is 1. The number of likely N-dealkylation sites (tertiary alicyclic amines) is 1. The number of nitrogens with zero attached hydrogens (tertiary/aromatic N) is 2. The van der Waals surface area contributed by atoms with Crippen LogP contribution in [0.15, 0.2) is 36.4 Å². The monoisotopic (exact) mass is 428 g/mol. The second kappa shape index (κ2) is 9.88. The number of rotatable bonds is 7. The number of alkyl halides is 1. The van der Waals surface area contributed by atoms with Crippen LogP contribution in [0.25, 0.3) is 0 Å². The van der Waals surface area contributed by atoms with E-state index < -0.39 is 6.17 Å². The van der Waals surface area contributed by atoms with Crippen molar-refractivity contribution >= 4 is 0 Å². The lowest BCUT2D eigenvalue weighted by Gasteiger charge is -2.33. The molecule has 2 heterocycles. The highest BCUT2D eigenvalue weighted by Gasteiger charge is 2.28. The van der Waals surface area contributed by atoms with Gasteiger partial charge in [0.15, 0.2) is 11.5 Å². The van der Waals surface area contributed by atoms with Gasteiger partial charge in [-0.2, -0.15) is 0 Å². The van der Waals surface area contributed by atoms with Gasteiger partial charge in [-0.15, -0.1) is 0 Å². The third-order valence-corrected chi connectivity index (χ3v) is 6.49. The number of fused-ring (bicyclic) bond motifs is 1. The molecule has 0 saturated carbocycles. The first-order valence-electron chi connectivity index (χ1n) is 11.2. The Balaban J connectivity index is 1.42. The second-order valence-electron chi connectivity index (χ2n) is 8.72. The lowest BCUT2D eigenvalue weighted by molar-refractivity contribution is 0.142. The van der Waals surface area contributed by atoms with E-state index in [0.29, 0.717) is 31.7 Å². The summed E-state index contributed by atoms with van der Waals surface area (Å²) in [6, 6.07) is 12.1. The Bertz CT molecular complexity index is 866. The molecule has 0 amide bonds. The van der Waals surface area contributed by atoms with E-state index in [1.807, 2.05) is 18.2 Å². The van der Waals surface area contributed by atoms with Gasteiger partial charge in [0.05, 0.1) is 13.7 Å². The van der Waals surface area contributed by atoms with Gasteiger partial charge < -0.3 is 24.4 Å². The number of ether oxygens (including phenoxy) is 2. The zero-order valence-electron chi connectivity index (χ0n) is 18.5. The van der Waals surface area contributed by atoms with Gasteiger partial charge in [-0.1, -0.05) is 18.2 Å². The second-order valence-corrected chi connectivity index (χ2v) is 8.72. The molecular formula is C25H33FN2O3. The fraction of sp³-hybridized carbons (Fsp3) is 0.520. The van der Waals surface area contributed by atoms with Crippen LogP contribution in [0, 0.1) is 0 Å². The molecule has 168 valence electrons. The molecule has 0 spiro atoms. The Morgan fingerprint density at radius 3 is 2.55 bits per heavy atom. The molecule has 2 aliphatic rings. The van der Waals surface area contributed by atoms with Crippen molar-refractivity contribution in [1.82, 2.24) is 9.80 Å². The third kappa shape index (κ3) is 5.13. The van der Waals surface area contributed by atoms with E-state index in [2.05, 4.69) is 35.0 Å². The normalized spacial score (nSPS) is 20.4. The number of piperidine rings is 1. The molecule has 0 radical (unpaired) electrons. The fourth-order valence-corrected chi connectivity index (χ4v) is 4.70. The number of phenols is 1. The Kier molecular flexibility index (Phi) is 6.98. The zero-order valence-corrected chi connectivity index (χ0v) is 18.5. The highest BCUT2D eigenvalue weighted by atomic mass is 19.1. The summed E-state index contributed by atoms with van der Waals surface area (Å²) in [5.41, 5.74) is 3.30. The number of hydrogen-bond acceptors (Lipinski definition) is 5. The highest BCUT2D eigenvalue weighted by molar-refractivity contribution is 5.54. The maximum absolute atomic E-state index is 13.3. The minimum atomic E-state index is -0.639. The summed E-state index contributed by atoms with van der Waals surface area (Å²) in [5, 5.41) is 11.0. The van der Waals surface area contributed by atoms with Crippen LogP contribution in [0.5, 0.6) is 17.2 Å². The summed E-state index contributed by atoms with van der Waals surface area (Å²) in [5.74, 6) is 1.83. The minimum absolute atomic E-state index is 0.193. The van der Waals surface area contributed by atoms with Gasteiger partial charge in [0.2, 0.25) is 0 Å². The Morgan fingerprint density at radius 2 is 1.84 bits per heavy atom. The lowest BCUT2D eigenvalue weighted by atomic mass is 9.84. The van der Waals surface area contributed by atoms with Gasteiger partial charge in [-0.3, -0.25) is 0 Å². The molecule has 0 bridgehead atoms.